The predicted octanol–water partition coefficient (Wildman–Crippen LogP) is 5.38. The molecule has 0 saturated heterocycles. The minimum atomic E-state index is -0.418. The topological polar surface area (TPSA) is 52.4 Å². The summed E-state index contributed by atoms with van der Waals surface area (Å²) >= 11 is 0. The Kier molecular flexibility index (Phi) is 4.96. The van der Waals surface area contributed by atoms with E-state index in [0.717, 1.165) is 22.4 Å². The lowest BCUT2D eigenvalue weighted by molar-refractivity contribution is -0.384. The largest absolute Gasteiger partial charge is 0.456 e. The van der Waals surface area contributed by atoms with Gasteiger partial charge in [0.2, 0.25) is 0 Å². The van der Waals surface area contributed by atoms with Crippen LogP contribution in [0.25, 0.3) is 11.3 Å². The van der Waals surface area contributed by atoms with E-state index in [1.807, 2.05) is 39.0 Å². The number of fused-ring (bicyclic) bond motifs is 1. The van der Waals surface area contributed by atoms with E-state index >= 15 is 0 Å². The highest BCUT2D eigenvalue weighted by Gasteiger charge is 2.18. The third-order valence-electron chi connectivity index (χ3n) is 3.35. The van der Waals surface area contributed by atoms with E-state index in [1.165, 1.54) is 12.1 Å². The summed E-state index contributed by atoms with van der Waals surface area (Å²) in [6.45, 7) is 10.0. The van der Waals surface area contributed by atoms with Crippen molar-refractivity contribution in [1.82, 2.24) is 0 Å². The van der Waals surface area contributed by atoms with E-state index in [4.69, 9.17) is 4.74 Å². The van der Waals surface area contributed by atoms with Gasteiger partial charge in [0, 0.05) is 23.3 Å². The van der Waals surface area contributed by atoms with Crippen LogP contribution in [0.4, 0.5) is 5.69 Å². The van der Waals surface area contributed by atoms with E-state index < -0.39 is 4.92 Å². The fourth-order valence-corrected chi connectivity index (χ4v) is 2.28. The van der Waals surface area contributed by atoms with Gasteiger partial charge in [-0.25, -0.2) is 0 Å². The van der Waals surface area contributed by atoms with E-state index in [2.05, 4.69) is 6.58 Å². The highest BCUT2D eigenvalue weighted by molar-refractivity contribution is 5.87. The van der Waals surface area contributed by atoms with Gasteiger partial charge in [-0.1, -0.05) is 44.2 Å². The Hall–Kier alpha value is -2.88. The number of rotatable bonds is 2. The van der Waals surface area contributed by atoms with Crippen molar-refractivity contribution in [2.45, 2.75) is 20.8 Å². The van der Waals surface area contributed by atoms with Crippen LogP contribution in [0.5, 0.6) is 5.75 Å². The minimum Gasteiger partial charge on any atom is -0.456 e. The summed E-state index contributed by atoms with van der Waals surface area (Å²) in [7, 11) is 0. The summed E-state index contributed by atoms with van der Waals surface area (Å²) in [6, 6.07) is 12.2. The Balaban J connectivity index is 0.000000924. The molecule has 23 heavy (non-hydrogen) atoms. The molecule has 0 aliphatic carbocycles. The van der Waals surface area contributed by atoms with Gasteiger partial charge in [0.05, 0.1) is 4.92 Å². The summed E-state index contributed by atoms with van der Waals surface area (Å²) < 4.78 is 5.86. The zero-order valence-electron chi connectivity index (χ0n) is 13.5. The fourth-order valence-electron chi connectivity index (χ4n) is 2.28. The predicted molar refractivity (Wildman–Crippen MR) is 93.3 cm³/mol. The molecule has 118 valence electrons. The molecule has 0 bridgehead atoms. The number of ether oxygens (including phenoxy) is 1. The van der Waals surface area contributed by atoms with Gasteiger partial charge in [-0.15, -0.1) is 0 Å². The molecule has 0 fully saturated rings. The summed E-state index contributed by atoms with van der Waals surface area (Å²) in [5.41, 5.74) is 3.62. The zero-order valence-corrected chi connectivity index (χ0v) is 13.5. The van der Waals surface area contributed by atoms with Crippen LogP contribution in [0.1, 0.15) is 30.5 Å². The molecule has 0 spiro atoms. The second-order valence-corrected chi connectivity index (χ2v) is 4.94. The van der Waals surface area contributed by atoms with Crippen LogP contribution < -0.4 is 4.74 Å². The molecular weight excluding hydrogens is 290 g/mol. The summed E-state index contributed by atoms with van der Waals surface area (Å²) in [5, 5.41) is 10.9. The smallest absolute Gasteiger partial charge is 0.270 e. The highest BCUT2D eigenvalue weighted by atomic mass is 16.6. The number of nitro groups is 1. The Bertz CT molecular complexity index is 791. The zero-order chi connectivity index (χ0) is 17.0. The van der Waals surface area contributed by atoms with Crippen LogP contribution in [-0.4, -0.2) is 4.92 Å². The number of hydrogen-bond donors (Lipinski definition) is 0. The molecule has 2 aromatic rings. The van der Waals surface area contributed by atoms with E-state index in [1.54, 1.807) is 18.2 Å². The molecule has 0 amide bonds. The Morgan fingerprint density at radius 2 is 1.87 bits per heavy atom. The molecule has 0 radical (unpaired) electrons. The monoisotopic (exact) mass is 309 g/mol. The second-order valence-electron chi connectivity index (χ2n) is 4.94. The Morgan fingerprint density at radius 3 is 2.57 bits per heavy atom. The number of hydrogen-bond acceptors (Lipinski definition) is 3. The first-order valence-corrected chi connectivity index (χ1v) is 7.49. The van der Waals surface area contributed by atoms with Crippen LogP contribution in [0, 0.1) is 17.0 Å². The molecule has 4 nitrogen and oxygen atoms in total. The number of aryl methyl sites for hydroxylation is 1. The SMILES string of the molecule is C=C1C=C(c2cccc([N+](=O)[O-])c2)Oc2ccc(C)cc21.CC. The van der Waals surface area contributed by atoms with Crippen molar-refractivity contribution in [3.8, 4) is 5.75 Å². The van der Waals surface area contributed by atoms with E-state index in [-0.39, 0.29) is 5.69 Å². The molecule has 1 aliphatic rings. The molecule has 0 aromatic heterocycles. The first kappa shape index (κ1) is 16.5. The maximum atomic E-state index is 10.9. The number of allylic oxidation sites excluding steroid dienone is 2. The van der Waals surface area contributed by atoms with Gasteiger partial charge in [0.25, 0.3) is 5.69 Å². The maximum Gasteiger partial charge on any atom is 0.270 e. The van der Waals surface area contributed by atoms with E-state index in [0.29, 0.717) is 11.3 Å². The number of nitro benzene ring substituents is 1. The van der Waals surface area contributed by atoms with Crippen molar-refractivity contribution >= 4 is 17.0 Å². The van der Waals surface area contributed by atoms with E-state index in [9.17, 15) is 10.1 Å². The lowest BCUT2D eigenvalue weighted by Gasteiger charge is -2.20. The molecule has 1 heterocycles. The van der Waals surface area contributed by atoms with Crippen LogP contribution in [-0.2, 0) is 0 Å². The summed E-state index contributed by atoms with van der Waals surface area (Å²) in [5.74, 6) is 1.29. The van der Waals surface area contributed by atoms with Crippen molar-refractivity contribution in [2.75, 3.05) is 0 Å². The van der Waals surface area contributed by atoms with Crippen molar-refractivity contribution in [2.24, 2.45) is 0 Å². The Labute approximate surface area is 135 Å². The van der Waals surface area contributed by atoms with Gasteiger partial charge in [-0.3, -0.25) is 10.1 Å². The molecule has 2 aromatic carbocycles. The molecule has 0 N–H and O–H groups in total. The minimum absolute atomic E-state index is 0.0392. The molecular formula is C19H19NO3. The third-order valence-corrected chi connectivity index (χ3v) is 3.35. The molecule has 3 rings (SSSR count). The molecule has 0 atom stereocenters. The summed E-state index contributed by atoms with van der Waals surface area (Å²) in [6.07, 6.45) is 1.81. The molecule has 1 aliphatic heterocycles. The molecule has 0 saturated carbocycles. The first-order valence-electron chi connectivity index (χ1n) is 7.49. The lowest BCUT2D eigenvalue weighted by Crippen LogP contribution is -2.03. The number of benzene rings is 2. The number of non-ortho nitro benzene ring substituents is 1. The van der Waals surface area contributed by atoms with Gasteiger partial charge < -0.3 is 4.74 Å². The highest BCUT2D eigenvalue weighted by Crippen LogP contribution is 2.37. The van der Waals surface area contributed by atoms with Gasteiger partial charge in [-0.2, -0.15) is 0 Å². The van der Waals surface area contributed by atoms with Gasteiger partial charge in [0.15, 0.2) is 0 Å². The van der Waals surface area contributed by atoms with Gasteiger partial charge >= 0.3 is 0 Å². The van der Waals surface area contributed by atoms with Gasteiger partial charge in [-0.05, 0) is 30.7 Å². The maximum absolute atomic E-state index is 10.9. The lowest BCUT2D eigenvalue weighted by atomic mass is 9.99. The normalized spacial score (nSPS) is 12.3. The fraction of sp³-hybridized carbons (Fsp3) is 0.158. The number of nitrogens with zero attached hydrogens (tertiary/aromatic N) is 1. The average molecular weight is 309 g/mol. The second kappa shape index (κ2) is 6.92. The molecule has 4 heteroatoms. The standard InChI is InChI=1S/C17H13NO3.C2H6/c1-11-6-7-16-15(8-11)12(2)9-17(21-16)13-4-3-5-14(10-13)18(19)20;1-2/h3-10H,2H2,1H3;1-2H3. The van der Waals surface area contributed by atoms with Crippen molar-refractivity contribution in [3.05, 3.63) is 81.9 Å². The molecule has 0 unspecified atom stereocenters. The van der Waals surface area contributed by atoms with Crippen LogP contribution >= 0.6 is 0 Å². The van der Waals surface area contributed by atoms with Crippen molar-refractivity contribution in [3.63, 3.8) is 0 Å². The first-order chi connectivity index (χ1) is 11.0. The average Bonchev–Trinajstić information content (AvgIpc) is 2.57. The Morgan fingerprint density at radius 1 is 1.13 bits per heavy atom. The van der Waals surface area contributed by atoms with Gasteiger partial charge in [0.1, 0.15) is 11.5 Å². The third kappa shape index (κ3) is 3.48. The van der Waals surface area contributed by atoms with Crippen molar-refractivity contribution < 1.29 is 9.66 Å². The quantitative estimate of drug-likeness (QED) is 0.553. The van der Waals surface area contributed by atoms with Crippen LogP contribution in [0.3, 0.4) is 0 Å². The summed E-state index contributed by atoms with van der Waals surface area (Å²) in [4.78, 5) is 10.4. The van der Waals surface area contributed by atoms with Crippen LogP contribution in [0.2, 0.25) is 0 Å². The van der Waals surface area contributed by atoms with Crippen molar-refractivity contribution in [1.29, 1.82) is 0 Å². The van der Waals surface area contributed by atoms with Crippen LogP contribution in [0.15, 0.2) is 55.1 Å².